The molecule has 0 aliphatic heterocycles. The number of hydrogen-bond acceptors (Lipinski definition) is 1. The molecule has 0 radical (unpaired) electrons. The molecule has 4 heavy (non-hydrogen) atoms. The van der Waals surface area contributed by atoms with E-state index in [2.05, 4.69) is 37.2 Å². The molecule has 0 saturated heterocycles. The monoisotopic (exact) mass is 284 g/mol. The third-order valence-electron chi connectivity index (χ3n) is 0. The van der Waals surface area contributed by atoms with E-state index in [9.17, 15) is 0 Å². The van der Waals surface area contributed by atoms with E-state index in [-0.39, 0.29) is 0 Å². The fourth-order valence-corrected chi connectivity index (χ4v) is 0. The molecule has 0 heterocycles. The zero-order chi connectivity index (χ0) is 4.00. The Morgan fingerprint density at radius 1 is 1.25 bits per heavy atom. The normalized spacial score (nSPS) is 2.50. The topological polar surface area (TPSA) is 17.1 Å². The maximum absolute atomic E-state index is 8.00. The van der Waals surface area contributed by atoms with Gasteiger partial charge in [-0.05, 0) is 0 Å². The van der Waals surface area contributed by atoms with Crippen molar-refractivity contribution in [3.8, 4) is 0 Å². The summed E-state index contributed by atoms with van der Waals surface area (Å²) < 4.78 is 0. The van der Waals surface area contributed by atoms with Crippen molar-refractivity contribution in [2.75, 3.05) is 0 Å². The van der Waals surface area contributed by atoms with Crippen LogP contribution < -0.4 is 0 Å². The second kappa shape index (κ2) is 31.7. The highest BCUT2D eigenvalue weighted by Crippen LogP contribution is 1.89. The van der Waals surface area contributed by atoms with Gasteiger partial charge in [-0.25, -0.2) is 0 Å². The molecule has 0 aromatic heterocycles. The zero-order valence-corrected chi connectivity index (χ0v) is 6.19. The smallest absolute Gasteiger partial charge is 0.106 e. The Morgan fingerprint density at radius 3 is 1.25 bits per heavy atom. The summed E-state index contributed by atoms with van der Waals surface area (Å²) in [6.45, 7) is 2.00. The van der Waals surface area contributed by atoms with Gasteiger partial charge in [0.25, 0.3) is 0 Å². The van der Waals surface area contributed by atoms with Gasteiger partial charge in [-0.3, -0.25) is 0 Å². The molecule has 0 aromatic carbocycles. The Bertz CT molecular complexity index is 6.00. The van der Waals surface area contributed by atoms with Crippen LogP contribution in [0.25, 0.3) is 0 Å². The largest absolute Gasteiger partial charge is 0.307 e. The van der Waals surface area contributed by atoms with E-state index in [1.165, 1.54) is 0 Å². The number of halogens is 2. The van der Waals surface area contributed by atoms with Gasteiger partial charge in [0.15, 0.2) is 0 Å². The van der Waals surface area contributed by atoms with Gasteiger partial charge in [-0.2, -0.15) is 0 Å². The van der Waals surface area contributed by atoms with Crippen molar-refractivity contribution in [2.45, 2.75) is 0 Å². The van der Waals surface area contributed by atoms with Gasteiger partial charge in [0.1, 0.15) is 6.79 Å². The second-order valence-electron chi connectivity index (χ2n) is 0. The van der Waals surface area contributed by atoms with Gasteiger partial charge in [-0.1, -0.05) is 0 Å². The molecular formula is CH2I2O. The van der Waals surface area contributed by atoms with Crippen molar-refractivity contribution >= 4 is 44.0 Å². The lowest BCUT2D eigenvalue weighted by atomic mass is 11.9. The minimum absolute atomic E-state index is 2.00. The second-order valence-corrected chi connectivity index (χ2v) is 0. The van der Waals surface area contributed by atoms with Gasteiger partial charge < -0.3 is 4.79 Å². The standard InChI is InChI=1S/CH2O.I2/c2*1-2/h1H2;. The molecule has 0 aliphatic rings. The molecule has 0 aromatic rings. The first-order valence-electron chi connectivity index (χ1n) is 0.432. The molecule has 0 atom stereocenters. The van der Waals surface area contributed by atoms with E-state index >= 15 is 0 Å². The fraction of sp³-hybridized carbons (Fsp3) is 0. The van der Waals surface area contributed by atoms with Crippen LogP contribution in [0.5, 0.6) is 0 Å². The highest BCUT2D eigenvalue weighted by atomic mass is 128. The average molecular weight is 284 g/mol. The number of carbonyl (C=O) groups is 1. The molecule has 0 aliphatic carbocycles. The molecule has 0 unspecified atom stereocenters. The lowest BCUT2D eigenvalue weighted by molar-refractivity contribution is -0.0979. The Balaban J connectivity index is 0. The van der Waals surface area contributed by atoms with Gasteiger partial charge in [0.05, 0.1) is 0 Å². The van der Waals surface area contributed by atoms with E-state index in [4.69, 9.17) is 4.79 Å². The summed E-state index contributed by atoms with van der Waals surface area (Å²) in [5.41, 5.74) is 0. The summed E-state index contributed by atoms with van der Waals surface area (Å²) in [6.07, 6.45) is 0. The van der Waals surface area contributed by atoms with Crippen LogP contribution in [0.3, 0.4) is 0 Å². The first kappa shape index (κ1) is 8.93. The Labute approximate surface area is 48.5 Å². The average Bonchev–Trinajstić information content (AvgIpc) is 1.50. The van der Waals surface area contributed by atoms with Crippen LogP contribution in [0.15, 0.2) is 0 Å². The number of hydrogen-bond donors (Lipinski definition) is 0. The lowest BCUT2D eigenvalue weighted by Gasteiger charge is -1.000. The molecule has 1 nitrogen and oxygen atoms in total. The molecule has 0 spiro atoms. The predicted molar refractivity (Wildman–Crippen MR) is 35.2 cm³/mol. The summed E-state index contributed by atoms with van der Waals surface area (Å²) in [5, 5.41) is 0. The van der Waals surface area contributed by atoms with Crippen LogP contribution in [0.2, 0.25) is 0 Å². The Kier molecular flexibility index (Phi) is 70.8. The maximum Gasteiger partial charge on any atom is 0.106 e. The maximum atomic E-state index is 8.00. The minimum Gasteiger partial charge on any atom is -0.307 e. The predicted octanol–water partition coefficient (Wildman–Crippen LogP) is 1.59. The van der Waals surface area contributed by atoms with Crippen LogP contribution in [0, 0.1) is 0 Å². The molecule has 3 heteroatoms. The van der Waals surface area contributed by atoms with E-state index in [0.717, 1.165) is 0 Å². The summed E-state index contributed by atoms with van der Waals surface area (Å²) in [4.78, 5) is 8.00. The van der Waals surface area contributed by atoms with Gasteiger partial charge >= 0.3 is 0 Å². The summed E-state index contributed by atoms with van der Waals surface area (Å²) in [6, 6.07) is 0. The van der Waals surface area contributed by atoms with Crippen LogP contribution in [-0.4, -0.2) is 6.79 Å². The number of carbonyl (C=O) groups excluding carboxylic acids is 1. The first-order valence-corrected chi connectivity index (χ1v) is 6.72. The van der Waals surface area contributed by atoms with Crippen molar-refractivity contribution < 1.29 is 4.79 Å². The minimum atomic E-state index is 2.00. The third-order valence-corrected chi connectivity index (χ3v) is 0. The van der Waals surface area contributed by atoms with Crippen molar-refractivity contribution in [3.05, 3.63) is 0 Å². The highest BCUT2D eigenvalue weighted by Gasteiger charge is 1.00. The van der Waals surface area contributed by atoms with E-state index in [1.807, 2.05) is 6.79 Å². The molecule has 0 N–H and O–H groups in total. The third kappa shape index (κ3) is 11.1. The summed E-state index contributed by atoms with van der Waals surface area (Å²) >= 11 is 4.24. The zero-order valence-electron chi connectivity index (χ0n) is 1.87. The molecule has 0 saturated carbocycles. The van der Waals surface area contributed by atoms with E-state index in [0.29, 0.717) is 0 Å². The molecule has 0 fully saturated rings. The van der Waals surface area contributed by atoms with Crippen molar-refractivity contribution in [2.24, 2.45) is 0 Å². The van der Waals surface area contributed by atoms with Crippen molar-refractivity contribution in [1.82, 2.24) is 0 Å². The molecule has 0 amide bonds. The quantitative estimate of drug-likeness (QED) is 0.617. The highest BCUT2D eigenvalue weighted by molar-refractivity contribution is 15.0. The van der Waals surface area contributed by atoms with E-state index in [1.54, 1.807) is 0 Å². The van der Waals surface area contributed by atoms with Gasteiger partial charge in [-0.15, -0.1) is 0 Å². The van der Waals surface area contributed by atoms with Gasteiger partial charge in [0, 0.05) is 37.2 Å². The molecule has 0 bridgehead atoms. The van der Waals surface area contributed by atoms with Crippen LogP contribution in [0.4, 0.5) is 0 Å². The number of rotatable bonds is 0. The molecule has 26 valence electrons. The Hall–Kier alpha value is 1.13. The summed E-state index contributed by atoms with van der Waals surface area (Å²) in [7, 11) is 0. The van der Waals surface area contributed by atoms with Crippen LogP contribution in [-0.2, 0) is 4.79 Å². The van der Waals surface area contributed by atoms with Crippen molar-refractivity contribution in [3.63, 3.8) is 0 Å². The van der Waals surface area contributed by atoms with Crippen LogP contribution in [0.1, 0.15) is 0 Å². The SMILES string of the molecule is C=O.II. The van der Waals surface area contributed by atoms with Crippen molar-refractivity contribution in [1.29, 1.82) is 0 Å². The summed E-state index contributed by atoms with van der Waals surface area (Å²) in [5.74, 6) is 0. The molecular weight excluding hydrogens is 282 g/mol. The fourth-order valence-electron chi connectivity index (χ4n) is 0. The van der Waals surface area contributed by atoms with Crippen LogP contribution >= 0.6 is 37.2 Å². The lowest BCUT2D eigenvalue weighted by Crippen LogP contribution is -0.925. The molecule has 0 rings (SSSR count). The van der Waals surface area contributed by atoms with E-state index < -0.39 is 0 Å². The first-order chi connectivity index (χ1) is 2.00. The Morgan fingerprint density at radius 2 is 1.25 bits per heavy atom. The van der Waals surface area contributed by atoms with Gasteiger partial charge in [0.2, 0.25) is 0 Å².